The second-order valence-corrected chi connectivity index (χ2v) is 5.83. The predicted octanol–water partition coefficient (Wildman–Crippen LogP) is 0.655. The first-order chi connectivity index (χ1) is 9.04. The highest BCUT2D eigenvalue weighted by atomic mass is 32.2. The van der Waals surface area contributed by atoms with Crippen molar-refractivity contribution in [1.82, 2.24) is 14.9 Å². The van der Waals surface area contributed by atoms with Crippen LogP contribution >= 0.6 is 0 Å². The number of nitrogens with one attached hydrogen (secondary N) is 2. The van der Waals surface area contributed by atoms with Crippen LogP contribution in [0.3, 0.4) is 0 Å². The van der Waals surface area contributed by atoms with Crippen LogP contribution in [0.2, 0.25) is 0 Å². The van der Waals surface area contributed by atoms with Gasteiger partial charge in [-0.2, -0.15) is 5.10 Å². The lowest BCUT2D eigenvalue weighted by Gasteiger charge is -2.06. The number of aryl methyl sites for hydroxylation is 1. The summed E-state index contributed by atoms with van der Waals surface area (Å²) in [5.41, 5.74) is 7.61. The SMILES string of the molecule is Cc1[nH]nc(S(=O)(=O)NCc2ccccc2)c1CN. The summed E-state index contributed by atoms with van der Waals surface area (Å²) in [7, 11) is -3.65. The van der Waals surface area contributed by atoms with Crippen molar-refractivity contribution >= 4 is 10.0 Å². The van der Waals surface area contributed by atoms with E-state index in [1.165, 1.54) is 0 Å². The van der Waals surface area contributed by atoms with Crippen molar-refractivity contribution in [3.8, 4) is 0 Å². The predicted molar refractivity (Wildman–Crippen MR) is 71.7 cm³/mol. The van der Waals surface area contributed by atoms with Crippen LogP contribution in [0.4, 0.5) is 0 Å². The van der Waals surface area contributed by atoms with E-state index in [1.54, 1.807) is 6.92 Å². The second kappa shape index (κ2) is 5.52. The van der Waals surface area contributed by atoms with Crippen molar-refractivity contribution in [1.29, 1.82) is 0 Å². The molecule has 0 aliphatic rings. The lowest BCUT2D eigenvalue weighted by molar-refractivity contribution is 0.575. The quantitative estimate of drug-likeness (QED) is 0.748. The highest BCUT2D eigenvalue weighted by Gasteiger charge is 2.22. The third-order valence-corrected chi connectivity index (χ3v) is 4.17. The highest BCUT2D eigenvalue weighted by molar-refractivity contribution is 7.89. The molecule has 0 unspecified atom stereocenters. The van der Waals surface area contributed by atoms with E-state index in [0.717, 1.165) is 5.56 Å². The van der Waals surface area contributed by atoms with Crippen LogP contribution in [0.5, 0.6) is 0 Å². The molecule has 4 N–H and O–H groups in total. The average Bonchev–Trinajstić information content (AvgIpc) is 2.79. The summed E-state index contributed by atoms with van der Waals surface area (Å²) in [4.78, 5) is 0. The van der Waals surface area contributed by atoms with Gasteiger partial charge in [-0.05, 0) is 12.5 Å². The summed E-state index contributed by atoms with van der Waals surface area (Å²) in [6, 6.07) is 9.28. The van der Waals surface area contributed by atoms with Gasteiger partial charge in [0.2, 0.25) is 0 Å². The molecule has 0 amide bonds. The third-order valence-electron chi connectivity index (χ3n) is 2.80. The molecular formula is C12H16N4O2S. The number of hydrogen-bond acceptors (Lipinski definition) is 4. The first kappa shape index (κ1) is 13.7. The Bertz CT molecular complexity index is 650. The Kier molecular flexibility index (Phi) is 3.98. The van der Waals surface area contributed by atoms with Gasteiger partial charge in [-0.1, -0.05) is 30.3 Å². The molecule has 0 spiro atoms. The number of nitrogens with two attached hydrogens (primary N) is 1. The van der Waals surface area contributed by atoms with Crippen LogP contribution in [-0.2, 0) is 23.1 Å². The minimum atomic E-state index is -3.65. The second-order valence-electron chi connectivity index (χ2n) is 4.15. The summed E-state index contributed by atoms with van der Waals surface area (Å²) in [6.45, 7) is 2.09. The number of sulfonamides is 1. The topological polar surface area (TPSA) is 101 Å². The van der Waals surface area contributed by atoms with E-state index >= 15 is 0 Å². The Morgan fingerprint density at radius 2 is 2.00 bits per heavy atom. The molecule has 0 fully saturated rings. The number of aromatic amines is 1. The maximum absolute atomic E-state index is 12.1. The monoisotopic (exact) mass is 280 g/mol. The van der Waals surface area contributed by atoms with E-state index in [2.05, 4.69) is 14.9 Å². The molecule has 7 heteroatoms. The molecule has 1 aromatic carbocycles. The molecule has 0 atom stereocenters. The van der Waals surface area contributed by atoms with Crippen molar-refractivity contribution in [2.24, 2.45) is 5.73 Å². The molecule has 0 saturated heterocycles. The number of nitrogens with zero attached hydrogens (tertiary/aromatic N) is 1. The molecule has 2 rings (SSSR count). The van der Waals surface area contributed by atoms with Gasteiger partial charge in [0.1, 0.15) is 0 Å². The van der Waals surface area contributed by atoms with Crippen molar-refractivity contribution in [2.45, 2.75) is 25.0 Å². The van der Waals surface area contributed by atoms with Crippen LogP contribution in [0.15, 0.2) is 35.4 Å². The minimum Gasteiger partial charge on any atom is -0.326 e. The lowest BCUT2D eigenvalue weighted by Crippen LogP contribution is -2.25. The molecule has 1 heterocycles. The first-order valence-corrected chi connectivity index (χ1v) is 7.30. The maximum atomic E-state index is 12.1. The van der Waals surface area contributed by atoms with Gasteiger partial charge in [0, 0.05) is 24.3 Å². The maximum Gasteiger partial charge on any atom is 0.260 e. The first-order valence-electron chi connectivity index (χ1n) is 5.82. The van der Waals surface area contributed by atoms with Crippen molar-refractivity contribution in [3.05, 3.63) is 47.2 Å². The van der Waals surface area contributed by atoms with Gasteiger partial charge in [0.05, 0.1) is 0 Å². The average molecular weight is 280 g/mol. The van der Waals surface area contributed by atoms with E-state index in [4.69, 9.17) is 5.73 Å². The van der Waals surface area contributed by atoms with Crippen LogP contribution < -0.4 is 10.5 Å². The van der Waals surface area contributed by atoms with Crippen LogP contribution in [-0.4, -0.2) is 18.6 Å². The van der Waals surface area contributed by atoms with Crippen LogP contribution in [0.1, 0.15) is 16.8 Å². The summed E-state index contributed by atoms with van der Waals surface area (Å²) in [5, 5.41) is 6.43. The molecule has 19 heavy (non-hydrogen) atoms. The van der Waals surface area contributed by atoms with E-state index in [9.17, 15) is 8.42 Å². The van der Waals surface area contributed by atoms with Gasteiger partial charge in [-0.25, -0.2) is 13.1 Å². The fourth-order valence-corrected chi connectivity index (χ4v) is 2.96. The van der Waals surface area contributed by atoms with E-state index in [0.29, 0.717) is 11.3 Å². The Balaban J connectivity index is 2.19. The Hall–Kier alpha value is -1.70. The van der Waals surface area contributed by atoms with Gasteiger partial charge in [0.25, 0.3) is 10.0 Å². The largest absolute Gasteiger partial charge is 0.326 e. The number of benzene rings is 1. The third kappa shape index (κ3) is 3.01. The summed E-state index contributed by atoms with van der Waals surface area (Å²) in [6.07, 6.45) is 0. The van der Waals surface area contributed by atoms with Crippen molar-refractivity contribution < 1.29 is 8.42 Å². The number of aromatic nitrogens is 2. The van der Waals surface area contributed by atoms with Crippen molar-refractivity contribution in [2.75, 3.05) is 0 Å². The number of rotatable bonds is 5. The van der Waals surface area contributed by atoms with Crippen LogP contribution in [0.25, 0.3) is 0 Å². The highest BCUT2D eigenvalue weighted by Crippen LogP contribution is 2.15. The fraction of sp³-hybridized carbons (Fsp3) is 0.250. The van der Waals surface area contributed by atoms with Crippen molar-refractivity contribution in [3.63, 3.8) is 0 Å². The van der Waals surface area contributed by atoms with E-state index in [1.807, 2.05) is 30.3 Å². The summed E-state index contributed by atoms with van der Waals surface area (Å²) < 4.78 is 26.8. The Morgan fingerprint density at radius 1 is 1.32 bits per heavy atom. The van der Waals surface area contributed by atoms with E-state index in [-0.39, 0.29) is 18.1 Å². The molecule has 0 radical (unpaired) electrons. The Morgan fingerprint density at radius 3 is 2.63 bits per heavy atom. The van der Waals surface area contributed by atoms with Gasteiger partial charge < -0.3 is 5.73 Å². The van der Waals surface area contributed by atoms with E-state index < -0.39 is 10.0 Å². The zero-order valence-corrected chi connectivity index (χ0v) is 11.4. The molecule has 0 saturated carbocycles. The zero-order valence-electron chi connectivity index (χ0n) is 10.6. The standard InChI is InChI=1S/C12H16N4O2S/c1-9-11(7-13)12(16-15-9)19(17,18)14-8-10-5-3-2-4-6-10/h2-6,14H,7-8,13H2,1H3,(H,15,16). The minimum absolute atomic E-state index is 0.0246. The van der Waals surface area contributed by atoms with Gasteiger partial charge in [-0.15, -0.1) is 0 Å². The molecule has 6 nitrogen and oxygen atoms in total. The van der Waals surface area contributed by atoms with Gasteiger partial charge in [-0.3, -0.25) is 5.10 Å². The Labute approximate surface area is 112 Å². The summed E-state index contributed by atoms with van der Waals surface area (Å²) >= 11 is 0. The lowest BCUT2D eigenvalue weighted by atomic mass is 10.2. The summed E-state index contributed by atoms with van der Waals surface area (Å²) in [5.74, 6) is 0. The molecule has 102 valence electrons. The van der Waals surface area contributed by atoms with Crippen LogP contribution in [0, 0.1) is 6.92 Å². The number of hydrogen-bond donors (Lipinski definition) is 3. The molecule has 2 aromatic rings. The molecule has 1 aromatic heterocycles. The molecule has 0 aliphatic carbocycles. The smallest absolute Gasteiger partial charge is 0.260 e. The zero-order chi connectivity index (χ0) is 13.9. The normalized spacial score (nSPS) is 11.7. The fourth-order valence-electron chi connectivity index (χ4n) is 1.74. The number of H-pyrrole nitrogens is 1. The molecule has 0 aliphatic heterocycles. The van der Waals surface area contributed by atoms with Gasteiger partial charge in [0.15, 0.2) is 5.03 Å². The molecule has 0 bridgehead atoms. The molecular weight excluding hydrogens is 264 g/mol. The van der Waals surface area contributed by atoms with Gasteiger partial charge >= 0.3 is 0 Å².